The minimum atomic E-state index is -3.35. The second kappa shape index (κ2) is 8.64. The highest BCUT2D eigenvalue weighted by Crippen LogP contribution is 2.18. The molecule has 2 aromatic rings. The van der Waals surface area contributed by atoms with E-state index >= 15 is 0 Å². The highest BCUT2D eigenvalue weighted by molar-refractivity contribution is 7.86. The highest BCUT2D eigenvalue weighted by atomic mass is 32.2. The Morgan fingerprint density at radius 3 is 2.14 bits per heavy atom. The minimum Gasteiger partial charge on any atom is -0.293 e. The summed E-state index contributed by atoms with van der Waals surface area (Å²) in [7, 11) is -3.35. The van der Waals surface area contributed by atoms with Crippen molar-refractivity contribution in [1.82, 2.24) is 33.7 Å². The number of piperazine rings is 1. The summed E-state index contributed by atoms with van der Waals surface area (Å²) < 4.78 is 30.9. The third-order valence-electron chi connectivity index (χ3n) is 5.45. The fourth-order valence-electron chi connectivity index (χ4n) is 3.83. The summed E-state index contributed by atoms with van der Waals surface area (Å²) in [6, 6.07) is 9.79. The van der Waals surface area contributed by atoms with E-state index in [0.29, 0.717) is 45.8 Å². The lowest BCUT2D eigenvalue weighted by Crippen LogP contribution is -2.53. The van der Waals surface area contributed by atoms with Crippen LogP contribution in [0.4, 0.5) is 0 Å². The molecular formula is C18H27N7O2S. The molecule has 0 radical (unpaired) electrons. The summed E-state index contributed by atoms with van der Waals surface area (Å²) >= 11 is 0. The third kappa shape index (κ3) is 4.24. The maximum atomic E-state index is 13.0. The molecule has 0 atom stereocenters. The lowest BCUT2D eigenvalue weighted by molar-refractivity contribution is 0.170. The monoisotopic (exact) mass is 405 g/mol. The Morgan fingerprint density at radius 2 is 1.46 bits per heavy atom. The summed E-state index contributed by atoms with van der Waals surface area (Å²) in [6.07, 6.45) is 4.16. The molecular weight excluding hydrogens is 378 g/mol. The first-order valence-electron chi connectivity index (χ1n) is 9.95. The number of benzene rings is 1. The lowest BCUT2D eigenvalue weighted by Gasteiger charge is -2.36. The van der Waals surface area contributed by atoms with Crippen molar-refractivity contribution >= 4 is 10.2 Å². The molecule has 152 valence electrons. The van der Waals surface area contributed by atoms with Gasteiger partial charge in [0.05, 0.1) is 12.2 Å². The van der Waals surface area contributed by atoms with Gasteiger partial charge < -0.3 is 0 Å². The van der Waals surface area contributed by atoms with Crippen LogP contribution < -0.4 is 0 Å². The molecule has 10 heteroatoms. The molecule has 2 saturated heterocycles. The number of hydrogen-bond donors (Lipinski definition) is 0. The molecule has 2 aliphatic heterocycles. The molecule has 0 bridgehead atoms. The minimum absolute atomic E-state index is 0.506. The van der Waals surface area contributed by atoms with Crippen molar-refractivity contribution in [2.75, 3.05) is 39.3 Å². The topological polar surface area (TPSA) is 87.5 Å². The molecule has 1 aromatic heterocycles. The van der Waals surface area contributed by atoms with Crippen LogP contribution in [0.2, 0.25) is 0 Å². The van der Waals surface area contributed by atoms with Crippen LogP contribution in [0.5, 0.6) is 0 Å². The first-order chi connectivity index (χ1) is 13.6. The van der Waals surface area contributed by atoms with Crippen molar-refractivity contribution < 1.29 is 8.42 Å². The van der Waals surface area contributed by atoms with E-state index in [0.717, 1.165) is 37.2 Å². The zero-order chi connectivity index (χ0) is 19.4. The summed E-state index contributed by atoms with van der Waals surface area (Å²) in [5.41, 5.74) is 0.921. The SMILES string of the molecule is O=S(=O)(N1CCCCCC1)N1CCN(Cc2nnnn2-c2ccccc2)CC1. The first kappa shape index (κ1) is 19.4. The van der Waals surface area contributed by atoms with Crippen molar-refractivity contribution in [3.63, 3.8) is 0 Å². The molecule has 9 nitrogen and oxygen atoms in total. The van der Waals surface area contributed by atoms with Gasteiger partial charge in [-0.05, 0) is 35.4 Å². The number of nitrogens with zero attached hydrogens (tertiary/aromatic N) is 7. The maximum Gasteiger partial charge on any atom is 0.282 e. The van der Waals surface area contributed by atoms with Crippen LogP contribution in [0.3, 0.4) is 0 Å². The first-order valence-corrected chi connectivity index (χ1v) is 11.3. The molecule has 28 heavy (non-hydrogen) atoms. The normalized spacial score (nSPS) is 20.9. The van der Waals surface area contributed by atoms with Crippen molar-refractivity contribution in [1.29, 1.82) is 0 Å². The van der Waals surface area contributed by atoms with E-state index in [9.17, 15) is 8.42 Å². The van der Waals surface area contributed by atoms with Crippen molar-refractivity contribution in [2.24, 2.45) is 0 Å². The summed E-state index contributed by atoms with van der Waals surface area (Å²) in [5, 5.41) is 12.1. The molecule has 0 unspecified atom stereocenters. The van der Waals surface area contributed by atoms with Gasteiger partial charge >= 0.3 is 0 Å². The number of aromatic nitrogens is 4. The standard InChI is InChI=1S/C18H27N7O2S/c26-28(27,23-10-6-1-2-7-11-23)24-14-12-22(13-15-24)16-18-19-20-21-25(18)17-8-4-3-5-9-17/h3-5,8-9H,1-2,6-7,10-16H2. The molecule has 2 aliphatic rings. The van der Waals surface area contributed by atoms with Gasteiger partial charge in [-0.25, -0.2) is 0 Å². The third-order valence-corrected chi connectivity index (χ3v) is 7.48. The smallest absolute Gasteiger partial charge is 0.282 e. The number of rotatable bonds is 5. The van der Waals surface area contributed by atoms with Crippen LogP contribution in [0, 0.1) is 0 Å². The molecule has 3 heterocycles. The number of hydrogen-bond acceptors (Lipinski definition) is 6. The van der Waals surface area contributed by atoms with E-state index in [-0.39, 0.29) is 0 Å². The van der Waals surface area contributed by atoms with Crippen LogP contribution >= 0.6 is 0 Å². The molecule has 0 N–H and O–H groups in total. The van der Waals surface area contributed by atoms with E-state index in [1.165, 1.54) is 0 Å². The largest absolute Gasteiger partial charge is 0.293 e. The average molecular weight is 406 g/mol. The van der Waals surface area contributed by atoms with Crippen molar-refractivity contribution in [3.8, 4) is 5.69 Å². The van der Waals surface area contributed by atoms with Crippen LogP contribution in [-0.2, 0) is 16.8 Å². The van der Waals surface area contributed by atoms with Crippen molar-refractivity contribution in [3.05, 3.63) is 36.2 Å². The van der Waals surface area contributed by atoms with E-state index < -0.39 is 10.2 Å². The Bertz CT molecular complexity index is 855. The fourth-order valence-corrected chi connectivity index (χ4v) is 5.50. The maximum absolute atomic E-state index is 13.0. The quantitative estimate of drug-likeness (QED) is 0.735. The Kier molecular flexibility index (Phi) is 6.00. The van der Waals surface area contributed by atoms with Crippen LogP contribution in [0.15, 0.2) is 30.3 Å². The molecule has 0 aliphatic carbocycles. The summed E-state index contributed by atoms with van der Waals surface area (Å²) in [5.74, 6) is 0.759. The molecule has 2 fully saturated rings. The Hall–Kier alpha value is -1.88. The van der Waals surface area contributed by atoms with Gasteiger partial charge in [0.2, 0.25) is 0 Å². The predicted molar refractivity (Wildman–Crippen MR) is 105 cm³/mol. The number of para-hydroxylation sites is 1. The van der Waals surface area contributed by atoms with Gasteiger partial charge in [-0.3, -0.25) is 4.90 Å². The predicted octanol–water partition coefficient (Wildman–Crippen LogP) is 0.901. The molecule has 0 spiro atoms. The molecule has 0 saturated carbocycles. The molecule has 0 amide bonds. The molecule has 4 rings (SSSR count). The van der Waals surface area contributed by atoms with Crippen LogP contribution in [0.25, 0.3) is 5.69 Å². The second-order valence-electron chi connectivity index (χ2n) is 7.34. The number of tetrazole rings is 1. The van der Waals surface area contributed by atoms with Gasteiger partial charge in [-0.2, -0.15) is 21.7 Å². The van der Waals surface area contributed by atoms with Gasteiger partial charge in [-0.15, -0.1) is 5.10 Å². The summed E-state index contributed by atoms with van der Waals surface area (Å²) in [6.45, 7) is 4.25. The zero-order valence-electron chi connectivity index (χ0n) is 16.0. The molecule has 1 aromatic carbocycles. The van der Waals surface area contributed by atoms with Gasteiger partial charge in [0.25, 0.3) is 10.2 Å². The van der Waals surface area contributed by atoms with E-state index in [1.807, 2.05) is 30.3 Å². The Morgan fingerprint density at radius 1 is 0.821 bits per heavy atom. The van der Waals surface area contributed by atoms with Gasteiger partial charge in [0.1, 0.15) is 0 Å². The van der Waals surface area contributed by atoms with E-state index in [1.54, 1.807) is 13.3 Å². The fraction of sp³-hybridized carbons (Fsp3) is 0.611. The second-order valence-corrected chi connectivity index (χ2v) is 9.27. The van der Waals surface area contributed by atoms with E-state index in [2.05, 4.69) is 20.4 Å². The van der Waals surface area contributed by atoms with Crippen LogP contribution in [0.1, 0.15) is 31.5 Å². The zero-order valence-corrected chi connectivity index (χ0v) is 16.8. The van der Waals surface area contributed by atoms with Gasteiger partial charge in [0.15, 0.2) is 5.82 Å². The average Bonchev–Trinajstić information content (AvgIpc) is 2.99. The van der Waals surface area contributed by atoms with Gasteiger partial charge in [-0.1, -0.05) is 31.0 Å². The van der Waals surface area contributed by atoms with E-state index in [4.69, 9.17) is 0 Å². The Labute approximate surface area is 166 Å². The summed E-state index contributed by atoms with van der Waals surface area (Å²) in [4.78, 5) is 2.21. The van der Waals surface area contributed by atoms with Gasteiger partial charge in [0, 0.05) is 39.3 Å². The highest BCUT2D eigenvalue weighted by Gasteiger charge is 2.32. The lowest BCUT2D eigenvalue weighted by atomic mass is 10.2. The van der Waals surface area contributed by atoms with Crippen LogP contribution in [-0.4, -0.2) is 81.4 Å². The Balaban J connectivity index is 1.37. The van der Waals surface area contributed by atoms with Crippen molar-refractivity contribution in [2.45, 2.75) is 32.2 Å².